The zero-order chi connectivity index (χ0) is 20.5. The molecule has 3 aliphatic rings. The second-order valence-electron chi connectivity index (χ2n) is 9.44. The highest BCUT2D eigenvalue weighted by atomic mass is 16.2. The number of guanidine groups is 1. The SMILES string of the molecule is CN=C(NCCCN1C(=O)C2C3C=CC(C3)C2C1=O)NCC(C)(C)CN(C)C. The van der Waals surface area contributed by atoms with Gasteiger partial charge >= 0.3 is 0 Å². The fourth-order valence-electron chi connectivity index (χ4n) is 5.08. The highest BCUT2D eigenvalue weighted by molar-refractivity contribution is 6.06. The van der Waals surface area contributed by atoms with Crippen LogP contribution in [0.25, 0.3) is 0 Å². The van der Waals surface area contributed by atoms with Crippen molar-refractivity contribution >= 4 is 17.8 Å². The van der Waals surface area contributed by atoms with Gasteiger partial charge in [-0.2, -0.15) is 0 Å². The monoisotopic (exact) mass is 389 g/mol. The molecule has 2 fully saturated rings. The van der Waals surface area contributed by atoms with Crippen molar-refractivity contribution in [3.8, 4) is 0 Å². The maximum atomic E-state index is 12.7. The quantitative estimate of drug-likeness (QED) is 0.212. The Kier molecular flexibility index (Phi) is 6.12. The predicted molar refractivity (Wildman–Crippen MR) is 111 cm³/mol. The van der Waals surface area contributed by atoms with Crippen LogP contribution < -0.4 is 10.6 Å². The number of imide groups is 1. The molecule has 3 rings (SSSR count). The van der Waals surface area contributed by atoms with Gasteiger partial charge < -0.3 is 15.5 Å². The molecule has 2 N–H and O–H groups in total. The van der Waals surface area contributed by atoms with Crippen LogP contribution >= 0.6 is 0 Å². The molecule has 0 aromatic carbocycles. The Morgan fingerprint density at radius 2 is 1.79 bits per heavy atom. The second kappa shape index (κ2) is 8.23. The number of hydrogen-bond donors (Lipinski definition) is 2. The lowest BCUT2D eigenvalue weighted by atomic mass is 9.85. The van der Waals surface area contributed by atoms with Crippen molar-refractivity contribution in [3.05, 3.63) is 12.2 Å². The normalized spacial score (nSPS) is 29.2. The first-order valence-corrected chi connectivity index (χ1v) is 10.4. The number of aliphatic imine (C=N–C) groups is 1. The van der Waals surface area contributed by atoms with E-state index in [4.69, 9.17) is 0 Å². The summed E-state index contributed by atoms with van der Waals surface area (Å²) < 4.78 is 0. The topological polar surface area (TPSA) is 77.0 Å². The van der Waals surface area contributed by atoms with E-state index in [1.54, 1.807) is 7.05 Å². The van der Waals surface area contributed by atoms with Gasteiger partial charge in [0.25, 0.3) is 0 Å². The molecule has 7 heteroatoms. The molecule has 0 aromatic heterocycles. The fraction of sp³-hybridized carbons (Fsp3) is 0.762. The molecule has 156 valence electrons. The van der Waals surface area contributed by atoms with Gasteiger partial charge in [-0.25, -0.2) is 0 Å². The molecular weight excluding hydrogens is 354 g/mol. The number of likely N-dealkylation sites (tertiary alicyclic amines) is 1. The summed E-state index contributed by atoms with van der Waals surface area (Å²) in [6, 6.07) is 0. The van der Waals surface area contributed by atoms with Crippen molar-refractivity contribution in [2.45, 2.75) is 26.7 Å². The molecule has 1 aliphatic heterocycles. The number of fused-ring (bicyclic) bond motifs is 5. The van der Waals surface area contributed by atoms with Gasteiger partial charge in [0.1, 0.15) is 0 Å². The van der Waals surface area contributed by atoms with Gasteiger partial charge in [-0.05, 0) is 44.2 Å². The van der Waals surface area contributed by atoms with Crippen LogP contribution in [0.4, 0.5) is 0 Å². The molecule has 7 nitrogen and oxygen atoms in total. The third-order valence-electron chi connectivity index (χ3n) is 6.11. The largest absolute Gasteiger partial charge is 0.356 e. The Morgan fingerprint density at radius 1 is 1.18 bits per heavy atom. The molecule has 2 aliphatic carbocycles. The first-order valence-electron chi connectivity index (χ1n) is 10.4. The predicted octanol–water partition coefficient (Wildman–Crippen LogP) is 0.936. The standard InChI is InChI=1S/C21H35N5O2/c1-21(2,13-25(4)5)12-24-20(22-3)23-9-6-10-26-18(27)16-14-7-8-15(11-14)17(16)19(26)28/h7-8,14-17H,6,9-13H2,1-5H3,(H2,22,23,24). The van der Waals surface area contributed by atoms with Gasteiger partial charge in [0.2, 0.25) is 11.8 Å². The maximum Gasteiger partial charge on any atom is 0.233 e. The molecular formula is C21H35N5O2. The second-order valence-corrected chi connectivity index (χ2v) is 9.44. The summed E-state index contributed by atoms with van der Waals surface area (Å²) in [4.78, 5) is 33.3. The van der Waals surface area contributed by atoms with Gasteiger partial charge in [0, 0.05) is 33.2 Å². The van der Waals surface area contributed by atoms with Crippen LogP contribution in [0.3, 0.4) is 0 Å². The zero-order valence-corrected chi connectivity index (χ0v) is 17.9. The van der Waals surface area contributed by atoms with E-state index in [9.17, 15) is 9.59 Å². The Labute approximate surface area is 168 Å². The summed E-state index contributed by atoms with van der Waals surface area (Å²) >= 11 is 0. The molecule has 1 saturated heterocycles. The number of carbonyl (C=O) groups excluding carboxylic acids is 2. The van der Waals surface area contributed by atoms with E-state index >= 15 is 0 Å². The molecule has 2 bridgehead atoms. The number of carbonyl (C=O) groups is 2. The number of nitrogens with zero attached hydrogens (tertiary/aromatic N) is 3. The number of rotatable bonds is 8. The van der Waals surface area contributed by atoms with Crippen LogP contribution in [-0.2, 0) is 9.59 Å². The number of nitrogens with one attached hydrogen (secondary N) is 2. The van der Waals surface area contributed by atoms with Gasteiger partial charge in [-0.3, -0.25) is 19.5 Å². The van der Waals surface area contributed by atoms with Crippen molar-refractivity contribution in [2.75, 3.05) is 47.3 Å². The lowest BCUT2D eigenvalue weighted by Crippen LogP contribution is -2.45. The summed E-state index contributed by atoms with van der Waals surface area (Å²) in [7, 11) is 5.91. The summed E-state index contributed by atoms with van der Waals surface area (Å²) in [6.45, 7) is 7.39. The third-order valence-corrected chi connectivity index (χ3v) is 6.11. The summed E-state index contributed by atoms with van der Waals surface area (Å²) in [5.41, 5.74) is 0.126. The smallest absolute Gasteiger partial charge is 0.233 e. The lowest BCUT2D eigenvalue weighted by molar-refractivity contribution is -0.140. The Hall–Kier alpha value is -1.89. The van der Waals surface area contributed by atoms with Crippen LogP contribution in [0.2, 0.25) is 0 Å². The van der Waals surface area contributed by atoms with Crippen LogP contribution in [0, 0.1) is 29.1 Å². The van der Waals surface area contributed by atoms with E-state index in [-0.39, 0.29) is 40.9 Å². The fourth-order valence-corrected chi connectivity index (χ4v) is 5.08. The minimum absolute atomic E-state index is 0.0415. The van der Waals surface area contributed by atoms with Gasteiger partial charge in [-0.15, -0.1) is 0 Å². The maximum absolute atomic E-state index is 12.7. The average molecular weight is 390 g/mol. The van der Waals surface area contributed by atoms with E-state index in [2.05, 4.69) is 60.6 Å². The molecule has 1 saturated carbocycles. The Morgan fingerprint density at radius 3 is 2.32 bits per heavy atom. The summed E-state index contributed by atoms with van der Waals surface area (Å²) in [5, 5.41) is 6.66. The average Bonchev–Trinajstić information content (AvgIpc) is 3.29. The zero-order valence-electron chi connectivity index (χ0n) is 17.9. The van der Waals surface area contributed by atoms with Gasteiger partial charge in [-0.1, -0.05) is 26.0 Å². The van der Waals surface area contributed by atoms with Crippen molar-refractivity contribution in [2.24, 2.45) is 34.1 Å². The Bertz CT molecular complexity index is 640. The van der Waals surface area contributed by atoms with E-state index in [0.717, 1.165) is 31.9 Å². The number of amides is 2. The van der Waals surface area contributed by atoms with E-state index in [1.807, 2.05) is 0 Å². The van der Waals surface area contributed by atoms with Crippen molar-refractivity contribution in [3.63, 3.8) is 0 Å². The molecule has 0 radical (unpaired) electrons. The molecule has 28 heavy (non-hydrogen) atoms. The van der Waals surface area contributed by atoms with Gasteiger partial charge in [0.15, 0.2) is 5.96 Å². The molecule has 0 aromatic rings. The first-order chi connectivity index (χ1) is 13.2. The molecule has 1 heterocycles. The lowest BCUT2D eigenvalue weighted by Gasteiger charge is -2.29. The molecule has 4 unspecified atom stereocenters. The van der Waals surface area contributed by atoms with Crippen molar-refractivity contribution in [1.82, 2.24) is 20.4 Å². The van der Waals surface area contributed by atoms with Crippen molar-refractivity contribution < 1.29 is 9.59 Å². The van der Waals surface area contributed by atoms with Gasteiger partial charge in [0.05, 0.1) is 11.8 Å². The summed E-state index contributed by atoms with van der Waals surface area (Å²) in [5.74, 6) is 1.21. The molecule has 0 spiro atoms. The summed E-state index contributed by atoms with van der Waals surface area (Å²) in [6.07, 6.45) is 5.97. The first kappa shape index (κ1) is 20.8. The highest BCUT2D eigenvalue weighted by Gasteiger charge is 2.58. The van der Waals surface area contributed by atoms with Crippen LogP contribution in [0.15, 0.2) is 17.1 Å². The number of hydrogen-bond acceptors (Lipinski definition) is 4. The Balaban J connectivity index is 1.41. The third kappa shape index (κ3) is 4.24. The van der Waals surface area contributed by atoms with E-state index < -0.39 is 0 Å². The van der Waals surface area contributed by atoms with E-state index in [0.29, 0.717) is 13.1 Å². The minimum Gasteiger partial charge on any atom is -0.356 e. The molecule has 4 atom stereocenters. The van der Waals surface area contributed by atoms with Crippen LogP contribution in [0.1, 0.15) is 26.7 Å². The van der Waals surface area contributed by atoms with Crippen LogP contribution in [-0.4, -0.2) is 74.9 Å². The highest BCUT2D eigenvalue weighted by Crippen LogP contribution is 2.52. The van der Waals surface area contributed by atoms with E-state index in [1.165, 1.54) is 4.90 Å². The van der Waals surface area contributed by atoms with Crippen molar-refractivity contribution in [1.29, 1.82) is 0 Å². The molecule has 2 amide bonds. The minimum atomic E-state index is -0.0937. The van der Waals surface area contributed by atoms with Crippen LogP contribution in [0.5, 0.6) is 0 Å². The number of allylic oxidation sites excluding steroid dienone is 2.